The molecule has 1 aliphatic rings. The minimum absolute atomic E-state index is 0.0372. The van der Waals surface area contributed by atoms with Crippen LogP contribution >= 0.6 is 0 Å². The zero-order chi connectivity index (χ0) is 18.8. The Morgan fingerprint density at radius 1 is 1.00 bits per heavy atom. The van der Waals surface area contributed by atoms with E-state index in [1.807, 2.05) is 12.1 Å². The molecular weight excluding hydrogens is 345 g/mol. The van der Waals surface area contributed by atoms with Crippen LogP contribution in [-0.4, -0.2) is 32.1 Å². The van der Waals surface area contributed by atoms with Crippen LogP contribution in [0.15, 0.2) is 24.3 Å². The Hall–Kier alpha value is -1.27. The molecule has 1 saturated heterocycles. The Kier molecular flexibility index (Phi) is 8.72. The average Bonchev–Trinajstić information content (AvgIpc) is 2.63. The summed E-state index contributed by atoms with van der Waals surface area (Å²) in [7, 11) is 0. The van der Waals surface area contributed by atoms with Crippen molar-refractivity contribution in [2.75, 3.05) is 19.8 Å². The summed E-state index contributed by atoms with van der Waals surface area (Å²) in [5.74, 6) is 0.571. The van der Waals surface area contributed by atoms with Crippen molar-refractivity contribution in [3.63, 3.8) is 0 Å². The van der Waals surface area contributed by atoms with Crippen LogP contribution in [0, 0.1) is 0 Å². The van der Waals surface area contributed by atoms with Crippen LogP contribution in [0.25, 0.3) is 0 Å². The van der Waals surface area contributed by atoms with Gasteiger partial charge < -0.3 is 14.2 Å². The van der Waals surface area contributed by atoms with E-state index >= 15 is 0 Å². The van der Waals surface area contributed by atoms with E-state index in [-0.39, 0.29) is 25.2 Å². The average molecular weight is 374 g/mol. The lowest BCUT2D eigenvalue weighted by atomic mass is 10.1. The topological polar surface area (TPSA) is 27.7 Å². The van der Waals surface area contributed by atoms with Crippen molar-refractivity contribution in [1.29, 1.82) is 0 Å². The second-order valence-electron chi connectivity index (χ2n) is 6.76. The first-order valence-corrected chi connectivity index (χ1v) is 9.50. The van der Waals surface area contributed by atoms with Gasteiger partial charge in [0, 0.05) is 6.42 Å². The summed E-state index contributed by atoms with van der Waals surface area (Å²) in [6, 6.07) is 7.30. The SMILES string of the molecule is CCCCCC[C@@H]1CO[C@@H](c2ccc(OCCCC(F)(F)F)cc2)CO1. The van der Waals surface area contributed by atoms with Crippen LogP contribution in [-0.2, 0) is 9.47 Å². The van der Waals surface area contributed by atoms with E-state index in [9.17, 15) is 13.2 Å². The first kappa shape index (κ1) is 21.0. The number of ether oxygens (including phenoxy) is 3. The van der Waals surface area contributed by atoms with Crippen LogP contribution < -0.4 is 4.74 Å². The molecule has 26 heavy (non-hydrogen) atoms. The summed E-state index contributed by atoms with van der Waals surface area (Å²) < 4.78 is 53.4. The lowest BCUT2D eigenvalue weighted by Gasteiger charge is -2.30. The third-order valence-electron chi connectivity index (χ3n) is 4.47. The van der Waals surface area contributed by atoms with Crippen molar-refractivity contribution in [3.8, 4) is 5.75 Å². The summed E-state index contributed by atoms with van der Waals surface area (Å²) in [5, 5.41) is 0. The van der Waals surface area contributed by atoms with Crippen molar-refractivity contribution < 1.29 is 27.4 Å². The van der Waals surface area contributed by atoms with Gasteiger partial charge in [-0.2, -0.15) is 13.2 Å². The number of rotatable bonds is 10. The lowest BCUT2D eigenvalue weighted by molar-refractivity contribution is -0.137. The Morgan fingerprint density at radius 3 is 2.38 bits per heavy atom. The van der Waals surface area contributed by atoms with E-state index in [1.54, 1.807) is 12.1 Å². The lowest BCUT2D eigenvalue weighted by Crippen LogP contribution is -2.31. The fourth-order valence-corrected chi connectivity index (χ4v) is 2.94. The molecule has 3 nitrogen and oxygen atoms in total. The van der Waals surface area contributed by atoms with Gasteiger partial charge in [0.25, 0.3) is 0 Å². The van der Waals surface area contributed by atoms with E-state index in [2.05, 4.69) is 6.92 Å². The van der Waals surface area contributed by atoms with Gasteiger partial charge in [-0.1, -0.05) is 44.7 Å². The van der Waals surface area contributed by atoms with Crippen LogP contribution in [0.3, 0.4) is 0 Å². The predicted molar refractivity (Wildman–Crippen MR) is 94.4 cm³/mol. The quantitative estimate of drug-likeness (QED) is 0.482. The van der Waals surface area contributed by atoms with Gasteiger partial charge in [-0.25, -0.2) is 0 Å². The number of unbranched alkanes of at least 4 members (excludes halogenated alkanes) is 3. The molecule has 0 saturated carbocycles. The van der Waals surface area contributed by atoms with Crippen LogP contribution in [0.5, 0.6) is 5.75 Å². The molecule has 0 N–H and O–H groups in total. The van der Waals surface area contributed by atoms with E-state index in [0.29, 0.717) is 19.0 Å². The Bertz CT molecular complexity index is 494. The third kappa shape index (κ3) is 7.96. The molecule has 6 heteroatoms. The highest BCUT2D eigenvalue weighted by molar-refractivity contribution is 5.28. The van der Waals surface area contributed by atoms with E-state index in [0.717, 1.165) is 12.0 Å². The maximum Gasteiger partial charge on any atom is 0.389 e. The molecule has 0 bridgehead atoms. The molecule has 148 valence electrons. The summed E-state index contributed by atoms with van der Waals surface area (Å²) in [5.41, 5.74) is 0.997. The van der Waals surface area contributed by atoms with Crippen molar-refractivity contribution in [2.24, 2.45) is 0 Å². The molecule has 1 aromatic carbocycles. The molecule has 1 aliphatic heterocycles. The molecule has 0 aliphatic carbocycles. The molecule has 1 heterocycles. The highest BCUT2D eigenvalue weighted by Gasteiger charge is 2.26. The Labute approximate surface area is 153 Å². The molecule has 1 fully saturated rings. The largest absolute Gasteiger partial charge is 0.494 e. The van der Waals surface area contributed by atoms with E-state index < -0.39 is 12.6 Å². The summed E-state index contributed by atoms with van der Waals surface area (Å²) in [6.45, 7) is 3.39. The van der Waals surface area contributed by atoms with Gasteiger partial charge in [0.2, 0.25) is 0 Å². The molecule has 0 spiro atoms. The molecule has 0 unspecified atom stereocenters. The summed E-state index contributed by atoms with van der Waals surface area (Å²) >= 11 is 0. The number of benzene rings is 1. The standard InChI is InChI=1S/C20H29F3O3/c1-2-3-4-5-7-18-14-26-19(15-25-18)16-8-10-17(11-9-16)24-13-6-12-20(21,22)23/h8-11,18-19H,2-7,12-15H2,1H3/t18-,19-/m1/s1. The normalized spacial score (nSPS) is 20.9. The first-order chi connectivity index (χ1) is 12.5. The maximum absolute atomic E-state index is 12.1. The second-order valence-corrected chi connectivity index (χ2v) is 6.76. The fraction of sp³-hybridized carbons (Fsp3) is 0.700. The van der Waals surface area contributed by atoms with Gasteiger partial charge in [0.15, 0.2) is 0 Å². The van der Waals surface area contributed by atoms with E-state index in [1.165, 1.54) is 25.7 Å². The number of hydrogen-bond acceptors (Lipinski definition) is 3. The van der Waals surface area contributed by atoms with Crippen molar-refractivity contribution in [3.05, 3.63) is 29.8 Å². The van der Waals surface area contributed by atoms with Crippen molar-refractivity contribution in [1.82, 2.24) is 0 Å². The van der Waals surface area contributed by atoms with Gasteiger partial charge >= 0.3 is 6.18 Å². The van der Waals surface area contributed by atoms with E-state index in [4.69, 9.17) is 14.2 Å². The molecule has 1 aromatic rings. The van der Waals surface area contributed by atoms with Crippen LogP contribution in [0.1, 0.15) is 63.5 Å². The summed E-state index contributed by atoms with van der Waals surface area (Å²) in [6.07, 6.45) is 1.05. The molecular formula is C20H29F3O3. The number of hydrogen-bond donors (Lipinski definition) is 0. The van der Waals surface area contributed by atoms with Crippen LogP contribution in [0.2, 0.25) is 0 Å². The van der Waals surface area contributed by atoms with Gasteiger partial charge in [0.05, 0.1) is 25.9 Å². The molecule has 0 aromatic heterocycles. The first-order valence-electron chi connectivity index (χ1n) is 9.50. The highest BCUT2D eigenvalue weighted by atomic mass is 19.4. The minimum Gasteiger partial charge on any atom is -0.494 e. The zero-order valence-electron chi connectivity index (χ0n) is 15.4. The maximum atomic E-state index is 12.1. The zero-order valence-corrected chi connectivity index (χ0v) is 15.4. The van der Waals surface area contributed by atoms with Crippen LogP contribution in [0.4, 0.5) is 13.2 Å². The molecule has 0 radical (unpaired) electrons. The smallest absolute Gasteiger partial charge is 0.389 e. The third-order valence-corrected chi connectivity index (χ3v) is 4.47. The summed E-state index contributed by atoms with van der Waals surface area (Å²) in [4.78, 5) is 0. The fourth-order valence-electron chi connectivity index (χ4n) is 2.94. The monoisotopic (exact) mass is 374 g/mol. The Balaban J connectivity index is 1.67. The van der Waals surface area contributed by atoms with Gasteiger partial charge in [-0.05, 0) is 30.5 Å². The van der Waals surface area contributed by atoms with Gasteiger partial charge in [-0.3, -0.25) is 0 Å². The van der Waals surface area contributed by atoms with Crippen molar-refractivity contribution in [2.45, 2.75) is 70.3 Å². The van der Waals surface area contributed by atoms with Gasteiger partial charge in [-0.15, -0.1) is 0 Å². The second kappa shape index (κ2) is 10.8. The van der Waals surface area contributed by atoms with Gasteiger partial charge in [0.1, 0.15) is 11.9 Å². The molecule has 2 rings (SSSR count). The molecule has 2 atom stereocenters. The number of halogens is 3. The highest BCUT2D eigenvalue weighted by Crippen LogP contribution is 2.27. The minimum atomic E-state index is -4.13. The Morgan fingerprint density at radius 2 is 1.77 bits per heavy atom. The number of alkyl halides is 3. The predicted octanol–water partition coefficient (Wildman–Crippen LogP) is 5.83. The van der Waals surface area contributed by atoms with Crippen molar-refractivity contribution >= 4 is 0 Å². The molecule has 0 amide bonds.